The Morgan fingerprint density at radius 1 is 1.21 bits per heavy atom. The molecule has 0 aliphatic carbocycles. The van der Waals surface area contributed by atoms with Crippen LogP contribution < -0.4 is 10.6 Å². The van der Waals surface area contributed by atoms with Gasteiger partial charge in [0.25, 0.3) is 5.91 Å². The van der Waals surface area contributed by atoms with E-state index in [-0.39, 0.29) is 16.5 Å². The Hall–Kier alpha value is -2.53. The number of benzene rings is 2. The fraction of sp³-hybridized carbons (Fsp3) is 0.105. The molecule has 0 aromatic heterocycles. The van der Waals surface area contributed by atoms with Crippen LogP contribution in [0, 0.1) is 17.1 Å². The maximum absolute atomic E-state index is 13.3. The number of nitrogens with zero attached hydrogens (tertiary/aromatic N) is 2. The van der Waals surface area contributed by atoms with Crippen LogP contribution in [-0.4, -0.2) is 17.1 Å². The van der Waals surface area contributed by atoms with Crippen LogP contribution >= 0.6 is 35.0 Å². The van der Waals surface area contributed by atoms with Crippen LogP contribution in [0.15, 0.2) is 53.1 Å². The van der Waals surface area contributed by atoms with E-state index in [0.717, 1.165) is 17.3 Å². The molecule has 28 heavy (non-hydrogen) atoms. The first-order valence-electron chi connectivity index (χ1n) is 7.96. The molecule has 0 spiro atoms. The Bertz CT molecular complexity index is 1030. The first kappa shape index (κ1) is 20.2. The molecule has 1 aliphatic heterocycles. The van der Waals surface area contributed by atoms with E-state index in [0.29, 0.717) is 22.2 Å². The summed E-state index contributed by atoms with van der Waals surface area (Å²) in [4.78, 5) is 26.0. The molecular formula is C19H12Cl2FN3O2S. The van der Waals surface area contributed by atoms with Gasteiger partial charge < -0.3 is 5.73 Å². The van der Waals surface area contributed by atoms with Crippen molar-refractivity contribution in [3.05, 3.63) is 74.5 Å². The molecule has 1 saturated heterocycles. The van der Waals surface area contributed by atoms with E-state index in [1.165, 1.54) is 29.2 Å². The van der Waals surface area contributed by atoms with Gasteiger partial charge in [-0.2, -0.15) is 5.26 Å². The third-order valence-electron chi connectivity index (χ3n) is 4.01. The highest BCUT2D eigenvalue weighted by molar-refractivity contribution is 8.05. The van der Waals surface area contributed by atoms with Crippen molar-refractivity contribution in [2.24, 2.45) is 5.73 Å². The van der Waals surface area contributed by atoms with Crippen LogP contribution in [0.4, 0.5) is 10.1 Å². The van der Waals surface area contributed by atoms with E-state index in [9.17, 15) is 19.2 Å². The van der Waals surface area contributed by atoms with Gasteiger partial charge >= 0.3 is 0 Å². The van der Waals surface area contributed by atoms with E-state index < -0.39 is 17.0 Å². The van der Waals surface area contributed by atoms with Crippen LogP contribution in [0.5, 0.6) is 0 Å². The van der Waals surface area contributed by atoms with Crippen molar-refractivity contribution in [2.45, 2.75) is 11.7 Å². The number of hydrogen-bond acceptors (Lipinski definition) is 4. The lowest BCUT2D eigenvalue weighted by Gasteiger charge is -2.18. The predicted octanol–water partition coefficient (Wildman–Crippen LogP) is 4.04. The zero-order valence-electron chi connectivity index (χ0n) is 14.2. The van der Waals surface area contributed by atoms with E-state index in [1.807, 2.05) is 0 Å². The van der Waals surface area contributed by atoms with Gasteiger partial charge in [0.15, 0.2) is 0 Å². The van der Waals surface area contributed by atoms with Crippen LogP contribution in [0.3, 0.4) is 0 Å². The summed E-state index contributed by atoms with van der Waals surface area (Å²) in [5.41, 5.74) is 6.07. The second-order valence-corrected chi connectivity index (χ2v) is 7.87. The first-order valence-corrected chi connectivity index (χ1v) is 9.59. The molecular weight excluding hydrogens is 424 g/mol. The number of amides is 2. The summed E-state index contributed by atoms with van der Waals surface area (Å²) in [7, 11) is 0. The highest BCUT2D eigenvalue weighted by Gasteiger charge is 2.40. The number of thioether (sulfide) groups is 1. The number of carbonyl (C=O) groups is 2. The minimum Gasteiger partial charge on any atom is -0.365 e. The molecule has 0 saturated carbocycles. The summed E-state index contributed by atoms with van der Waals surface area (Å²) in [6.07, 6.45) is 0.291. The second kappa shape index (κ2) is 8.23. The molecule has 1 atom stereocenters. The number of primary amides is 1. The van der Waals surface area contributed by atoms with Gasteiger partial charge in [0, 0.05) is 5.69 Å². The molecule has 1 fully saturated rings. The Balaban J connectivity index is 2.02. The monoisotopic (exact) mass is 435 g/mol. The van der Waals surface area contributed by atoms with Crippen molar-refractivity contribution in [1.82, 2.24) is 0 Å². The van der Waals surface area contributed by atoms with Gasteiger partial charge in [-0.25, -0.2) is 4.39 Å². The topological polar surface area (TPSA) is 87.2 Å². The summed E-state index contributed by atoms with van der Waals surface area (Å²) in [5.74, 6) is -1.77. The van der Waals surface area contributed by atoms with Gasteiger partial charge in [-0.1, -0.05) is 41.0 Å². The van der Waals surface area contributed by atoms with E-state index >= 15 is 0 Å². The average molecular weight is 436 g/mol. The third kappa shape index (κ3) is 3.99. The Morgan fingerprint density at radius 2 is 1.89 bits per heavy atom. The van der Waals surface area contributed by atoms with Gasteiger partial charge in [0.1, 0.15) is 22.5 Å². The second-order valence-electron chi connectivity index (χ2n) is 5.87. The number of carbonyl (C=O) groups excluding carboxylic acids is 2. The minimum atomic E-state index is -0.944. The maximum Gasteiger partial charge on any atom is 0.262 e. The molecule has 0 bridgehead atoms. The van der Waals surface area contributed by atoms with Gasteiger partial charge in [-0.15, -0.1) is 0 Å². The van der Waals surface area contributed by atoms with Gasteiger partial charge in [0.05, 0.1) is 15.3 Å². The number of halogens is 3. The van der Waals surface area contributed by atoms with Crippen molar-refractivity contribution >= 4 is 52.5 Å². The molecule has 2 N–H and O–H groups in total. The number of hydrogen-bond donors (Lipinski definition) is 1. The molecule has 3 rings (SSSR count). The molecule has 1 unspecified atom stereocenters. The van der Waals surface area contributed by atoms with Crippen LogP contribution in [0.2, 0.25) is 10.0 Å². The largest absolute Gasteiger partial charge is 0.365 e. The highest BCUT2D eigenvalue weighted by Crippen LogP contribution is 2.42. The Labute approximate surface area is 174 Å². The number of nitrogens with two attached hydrogens (primary N) is 1. The highest BCUT2D eigenvalue weighted by atomic mass is 35.5. The lowest BCUT2D eigenvalue weighted by Crippen LogP contribution is -2.31. The predicted molar refractivity (Wildman–Crippen MR) is 107 cm³/mol. The van der Waals surface area contributed by atoms with Gasteiger partial charge in [-0.05, 0) is 48.4 Å². The van der Waals surface area contributed by atoms with E-state index in [1.54, 1.807) is 24.3 Å². The van der Waals surface area contributed by atoms with Crippen molar-refractivity contribution in [3.63, 3.8) is 0 Å². The summed E-state index contributed by atoms with van der Waals surface area (Å²) in [5, 5.41) is 9.59. The van der Waals surface area contributed by atoms with Crippen LogP contribution in [0.25, 0.3) is 0 Å². The van der Waals surface area contributed by atoms with Crippen molar-refractivity contribution in [3.8, 4) is 6.07 Å². The fourth-order valence-corrected chi connectivity index (χ4v) is 4.34. The van der Waals surface area contributed by atoms with E-state index in [4.69, 9.17) is 28.9 Å². The van der Waals surface area contributed by atoms with E-state index in [2.05, 4.69) is 0 Å². The lowest BCUT2D eigenvalue weighted by atomic mass is 10.1. The maximum atomic E-state index is 13.3. The Kier molecular flexibility index (Phi) is 5.94. The smallest absolute Gasteiger partial charge is 0.262 e. The first-order chi connectivity index (χ1) is 13.3. The summed E-state index contributed by atoms with van der Waals surface area (Å²) in [6.45, 7) is 0. The van der Waals surface area contributed by atoms with Gasteiger partial charge in [0.2, 0.25) is 5.91 Å². The lowest BCUT2D eigenvalue weighted by molar-refractivity contribution is -0.117. The van der Waals surface area contributed by atoms with Crippen molar-refractivity contribution in [1.29, 1.82) is 5.26 Å². The molecule has 2 amide bonds. The molecule has 142 valence electrons. The molecule has 2 aromatic carbocycles. The van der Waals surface area contributed by atoms with Crippen molar-refractivity contribution in [2.75, 3.05) is 4.90 Å². The molecule has 0 radical (unpaired) electrons. The zero-order chi connectivity index (χ0) is 20.4. The number of nitriles is 1. The quantitative estimate of drug-likeness (QED) is 0.579. The number of anilines is 1. The minimum absolute atomic E-state index is 0.122. The molecule has 9 heteroatoms. The SMILES string of the molecule is N#C/C(C(N)=O)=C1/SC(Cc2ccc(Cl)c(Cl)c2)C(=O)N1c1ccc(F)cc1. The normalized spacial score (nSPS) is 18.1. The zero-order valence-corrected chi connectivity index (χ0v) is 16.5. The summed E-state index contributed by atoms with van der Waals surface area (Å²) in [6, 6.07) is 11.9. The molecule has 2 aromatic rings. The fourth-order valence-electron chi connectivity index (χ4n) is 2.71. The summed E-state index contributed by atoms with van der Waals surface area (Å²) >= 11 is 13.0. The van der Waals surface area contributed by atoms with Crippen molar-refractivity contribution < 1.29 is 14.0 Å². The standard InChI is InChI=1S/C19H12Cl2FN3O2S/c20-14-6-1-10(7-15(14)21)8-16-18(27)25(12-4-2-11(22)3-5-12)19(28-16)13(9-23)17(24)26/h1-7,16H,8H2,(H2,24,26)/b19-13-. The van der Waals surface area contributed by atoms with Gasteiger partial charge in [-0.3, -0.25) is 14.5 Å². The van der Waals surface area contributed by atoms with Crippen LogP contribution in [0.1, 0.15) is 5.56 Å². The molecule has 1 heterocycles. The van der Waals surface area contributed by atoms with Crippen LogP contribution in [-0.2, 0) is 16.0 Å². The average Bonchev–Trinajstić information content (AvgIpc) is 2.95. The Morgan fingerprint density at radius 3 is 2.46 bits per heavy atom. The summed E-state index contributed by atoms with van der Waals surface area (Å²) < 4.78 is 13.3. The number of rotatable bonds is 4. The molecule has 5 nitrogen and oxygen atoms in total. The molecule has 1 aliphatic rings. The third-order valence-corrected chi connectivity index (χ3v) is 6.02.